The first-order chi connectivity index (χ1) is 27.1. The molecule has 0 aromatic rings. The van der Waals surface area contributed by atoms with Crippen molar-refractivity contribution in [1.82, 2.24) is 0 Å². The maximum atomic E-state index is 12.7. The van der Waals surface area contributed by atoms with E-state index in [1.807, 2.05) is 27.2 Å². The van der Waals surface area contributed by atoms with Gasteiger partial charge in [-0.15, -0.1) is 0 Å². The number of quaternary nitrogens is 1. The van der Waals surface area contributed by atoms with Crippen molar-refractivity contribution in [3.8, 4) is 0 Å². The van der Waals surface area contributed by atoms with E-state index in [9.17, 15) is 14.3 Å². The van der Waals surface area contributed by atoms with E-state index in [2.05, 4.69) is 13.8 Å². The molecule has 0 bridgehead atoms. The number of phosphoric acid groups is 1. The van der Waals surface area contributed by atoms with Crippen molar-refractivity contribution in [3.05, 3.63) is 12.3 Å². The van der Waals surface area contributed by atoms with E-state index in [4.69, 9.17) is 18.5 Å². The number of phosphoric ester groups is 1. The van der Waals surface area contributed by atoms with Crippen LogP contribution in [0.25, 0.3) is 0 Å². The van der Waals surface area contributed by atoms with Crippen molar-refractivity contribution in [1.29, 1.82) is 0 Å². The predicted octanol–water partition coefficient (Wildman–Crippen LogP) is 14.6. The van der Waals surface area contributed by atoms with Crippen LogP contribution < -0.4 is 0 Å². The maximum absolute atomic E-state index is 12.7. The van der Waals surface area contributed by atoms with E-state index in [1.165, 1.54) is 180 Å². The number of likely N-dealkylation sites (N-methyl/N-ethyl adjacent to an activating group) is 1. The van der Waals surface area contributed by atoms with Crippen molar-refractivity contribution in [3.63, 3.8) is 0 Å². The number of rotatable bonds is 45. The van der Waals surface area contributed by atoms with Gasteiger partial charge in [-0.05, 0) is 25.3 Å². The predicted molar refractivity (Wildman–Crippen MR) is 238 cm³/mol. The van der Waals surface area contributed by atoms with E-state index in [0.29, 0.717) is 17.4 Å². The van der Waals surface area contributed by atoms with E-state index in [1.54, 1.807) is 6.26 Å². The highest BCUT2D eigenvalue weighted by Crippen LogP contribution is 2.43. The number of ether oxygens (including phenoxy) is 2. The summed E-state index contributed by atoms with van der Waals surface area (Å²) >= 11 is 0. The van der Waals surface area contributed by atoms with Crippen molar-refractivity contribution in [2.45, 2.75) is 238 Å². The molecule has 0 aliphatic carbocycles. The fraction of sp³-hybridized carbons (Fsp3) is 0.936. The molecule has 0 radical (unpaired) electrons. The summed E-state index contributed by atoms with van der Waals surface area (Å²) in [6.45, 7) is 4.98. The van der Waals surface area contributed by atoms with Crippen LogP contribution in [-0.2, 0) is 27.9 Å². The van der Waals surface area contributed by atoms with E-state index in [-0.39, 0.29) is 25.8 Å². The summed E-state index contributed by atoms with van der Waals surface area (Å²) in [5.41, 5.74) is 0. The lowest BCUT2D eigenvalue weighted by molar-refractivity contribution is -0.870. The molecule has 0 spiro atoms. The van der Waals surface area contributed by atoms with Crippen molar-refractivity contribution < 1.29 is 37.3 Å². The Morgan fingerprint density at radius 2 is 0.929 bits per heavy atom. The van der Waals surface area contributed by atoms with Gasteiger partial charge in [0.25, 0.3) is 0 Å². The zero-order chi connectivity index (χ0) is 41.3. The number of carbonyl (C=O) groups is 1. The lowest BCUT2D eigenvalue weighted by Crippen LogP contribution is -2.37. The van der Waals surface area contributed by atoms with Crippen LogP contribution in [0, 0.1) is 0 Å². The van der Waals surface area contributed by atoms with E-state index in [0.717, 1.165) is 32.1 Å². The van der Waals surface area contributed by atoms with E-state index < -0.39 is 13.9 Å². The highest BCUT2D eigenvalue weighted by molar-refractivity contribution is 7.47. The second-order valence-electron chi connectivity index (χ2n) is 17.6. The van der Waals surface area contributed by atoms with Crippen LogP contribution in [0.15, 0.2) is 12.3 Å². The van der Waals surface area contributed by atoms with Crippen molar-refractivity contribution in [2.75, 3.05) is 47.5 Å². The highest BCUT2D eigenvalue weighted by Gasteiger charge is 2.26. The summed E-state index contributed by atoms with van der Waals surface area (Å²) in [6, 6.07) is 0. The van der Waals surface area contributed by atoms with Crippen molar-refractivity contribution in [2.24, 2.45) is 0 Å². The molecule has 0 fully saturated rings. The number of nitrogens with zero attached hydrogens (tertiary/aromatic N) is 1. The SMILES string of the molecule is CCCCCCCCCCCCCCCCCC/C=C/OCC(COP(=O)(O)OCC[N+](C)(C)C)OC(=O)CCCCCCCCCCCCCCCCCC. The smallest absolute Gasteiger partial charge is 0.472 e. The van der Waals surface area contributed by atoms with Crippen LogP contribution in [0.2, 0.25) is 0 Å². The highest BCUT2D eigenvalue weighted by atomic mass is 31.2. The van der Waals surface area contributed by atoms with Crippen LogP contribution >= 0.6 is 7.82 Å². The minimum atomic E-state index is -4.29. The summed E-state index contributed by atoms with van der Waals surface area (Å²) in [4.78, 5) is 22.9. The molecule has 2 atom stereocenters. The van der Waals surface area contributed by atoms with Gasteiger partial charge in [-0.3, -0.25) is 13.8 Å². The molecule has 56 heavy (non-hydrogen) atoms. The molecular formula is C47H95NO7P+. The summed E-state index contributed by atoms with van der Waals surface area (Å²) < 4.78 is 34.8. The number of allylic oxidation sites excluding steroid dienone is 1. The van der Waals surface area contributed by atoms with Gasteiger partial charge in [0, 0.05) is 6.42 Å². The Hall–Kier alpha value is -0.920. The molecule has 1 N–H and O–H groups in total. The van der Waals surface area contributed by atoms with Gasteiger partial charge in [0.2, 0.25) is 0 Å². The Balaban J connectivity index is 4.19. The molecule has 0 rings (SSSR count). The van der Waals surface area contributed by atoms with Gasteiger partial charge in [0.1, 0.15) is 19.8 Å². The number of hydrogen-bond acceptors (Lipinski definition) is 6. The maximum Gasteiger partial charge on any atom is 0.472 e. The topological polar surface area (TPSA) is 91.3 Å². The molecule has 0 heterocycles. The Morgan fingerprint density at radius 3 is 1.32 bits per heavy atom. The average molecular weight is 817 g/mol. The van der Waals surface area contributed by atoms with Gasteiger partial charge in [-0.1, -0.05) is 206 Å². The molecule has 0 amide bonds. The summed E-state index contributed by atoms with van der Waals surface area (Å²) in [7, 11) is 1.65. The zero-order valence-corrected chi connectivity index (χ0v) is 38.8. The minimum Gasteiger partial charge on any atom is -0.498 e. The van der Waals surface area contributed by atoms with Gasteiger partial charge < -0.3 is 18.9 Å². The summed E-state index contributed by atoms with van der Waals surface area (Å²) in [5, 5.41) is 0. The number of hydrogen-bond donors (Lipinski definition) is 1. The van der Waals surface area contributed by atoms with Gasteiger partial charge in [-0.2, -0.15) is 0 Å². The molecular weight excluding hydrogens is 721 g/mol. The van der Waals surface area contributed by atoms with Gasteiger partial charge >= 0.3 is 13.8 Å². The first-order valence-corrected chi connectivity index (χ1v) is 25.5. The molecule has 9 heteroatoms. The van der Waals surface area contributed by atoms with E-state index >= 15 is 0 Å². The Bertz CT molecular complexity index is 909. The summed E-state index contributed by atoms with van der Waals surface area (Å²) in [6.07, 6.45) is 46.3. The molecule has 8 nitrogen and oxygen atoms in total. The Morgan fingerprint density at radius 1 is 0.554 bits per heavy atom. The van der Waals surface area contributed by atoms with Gasteiger partial charge in [-0.25, -0.2) is 4.57 Å². The first kappa shape index (κ1) is 55.1. The lowest BCUT2D eigenvalue weighted by atomic mass is 10.0. The molecule has 334 valence electrons. The zero-order valence-electron chi connectivity index (χ0n) is 37.9. The monoisotopic (exact) mass is 817 g/mol. The van der Waals surface area contributed by atoms with Gasteiger partial charge in [0.15, 0.2) is 6.10 Å². The third-order valence-electron chi connectivity index (χ3n) is 10.7. The number of carbonyl (C=O) groups excluding carboxylic acids is 1. The molecule has 0 saturated heterocycles. The van der Waals surface area contributed by atoms with Crippen LogP contribution in [-0.4, -0.2) is 69.0 Å². The standard InChI is InChI=1S/C47H94NO7P/c1-6-8-10-12-14-16-18-20-22-24-25-27-29-31-33-35-37-39-42-52-44-46(45-54-56(50,51)53-43-41-48(3,4)5)55-47(49)40-38-36-34-32-30-28-26-23-21-19-17-15-13-11-9-7-2/h39,42,46H,6-38,40-41,43-45H2,1-5H3/p+1/b42-39+. The minimum absolute atomic E-state index is 0.0546. The second-order valence-corrected chi connectivity index (χ2v) is 19.0. The van der Waals surface area contributed by atoms with Crippen LogP contribution in [0.5, 0.6) is 0 Å². The normalized spacial score (nSPS) is 13.7. The summed E-state index contributed by atoms with van der Waals surface area (Å²) in [5.74, 6) is -0.330. The molecule has 0 aromatic carbocycles. The van der Waals surface area contributed by atoms with Crippen LogP contribution in [0.3, 0.4) is 0 Å². The quantitative estimate of drug-likeness (QED) is 0.0215. The number of esters is 1. The first-order valence-electron chi connectivity index (χ1n) is 24.0. The third-order valence-corrected chi connectivity index (χ3v) is 11.7. The Labute approximate surface area is 348 Å². The molecule has 0 aliphatic heterocycles. The third kappa shape index (κ3) is 44.2. The average Bonchev–Trinajstić information content (AvgIpc) is 3.15. The van der Waals surface area contributed by atoms with Crippen LogP contribution in [0.4, 0.5) is 0 Å². The van der Waals surface area contributed by atoms with Crippen LogP contribution in [0.1, 0.15) is 232 Å². The molecule has 0 aliphatic rings. The molecule has 2 unspecified atom stereocenters. The lowest BCUT2D eigenvalue weighted by Gasteiger charge is -2.24. The number of unbranched alkanes of at least 4 members (excludes halogenated alkanes) is 31. The fourth-order valence-corrected chi connectivity index (χ4v) is 7.67. The Kier molecular flexibility index (Phi) is 40.2. The molecule has 0 saturated carbocycles. The van der Waals surface area contributed by atoms with Crippen molar-refractivity contribution >= 4 is 13.8 Å². The second kappa shape index (κ2) is 40.8. The largest absolute Gasteiger partial charge is 0.498 e. The molecule has 0 aromatic heterocycles. The fourth-order valence-electron chi connectivity index (χ4n) is 6.93. The van der Waals surface area contributed by atoms with Gasteiger partial charge in [0.05, 0.1) is 34.0 Å².